The number of anilines is 1. The second kappa shape index (κ2) is 3.35. The minimum Gasteiger partial charge on any atom is -0.506 e. The normalized spacial score (nSPS) is 10.4. The van der Waals surface area contributed by atoms with E-state index in [0.29, 0.717) is 5.69 Å². The summed E-state index contributed by atoms with van der Waals surface area (Å²) in [5.41, 5.74) is 8.12. The van der Waals surface area contributed by atoms with Crippen molar-refractivity contribution in [3.8, 4) is 16.9 Å². The van der Waals surface area contributed by atoms with E-state index in [2.05, 4.69) is 6.92 Å². The second-order valence-corrected chi connectivity index (χ2v) is 4.28. The molecule has 0 unspecified atom stereocenters. The maximum absolute atomic E-state index is 9.47. The first-order valence-electron chi connectivity index (χ1n) is 4.31. The number of phenolic OH excluding ortho intramolecular Hbond substituents is 1. The minimum atomic E-state index is 0.146. The largest absolute Gasteiger partial charge is 0.506 e. The molecule has 0 saturated carbocycles. The molecule has 0 amide bonds. The molecular formula is C11H11NOS. The Balaban J connectivity index is 2.53. The Morgan fingerprint density at radius 3 is 2.64 bits per heavy atom. The molecule has 1 heterocycles. The number of rotatable bonds is 1. The van der Waals surface area contributed by atoms with Crippen LogP contribution in [-0.4, -0.2) is 5.11 Å². The van der Waals surface area contributed by atoms with E-state index >= 15 is 0 Å². The molecule has 3 N–H and O–H groups in total. The van der Waals surface area contributed by atoms with Crippen molar-refractivity contribution in [3.05, 3.63) is 34.5 Å². The van der Waals surface area contributed by atoms with Gasteiger partial charge in [0.05, 0.1) is 5.69 Å². The number of hydrogen-bond acceptors (Lipinski definition) is 3. The molecule has 1 aromatic heterocycles. The van der Waals surface area contributed by atoms with Crippen molar-refractivity contribution < 1.29 is 5.11 Å². The summed E-state index contributed by atoms with van der Waals surface area (Å²) in [6.07, 6.45) is 0. The van der Waals surface area contributed by atoms with Crippen molar-refractivity contribution in [2.24, 2.45) is 0 Å². The van der Waals surface area contributed by atoms with Crippen LogP contribution in [0.5, 0.6) is 5.75 Å². The molecule has 0 spiro atoms. The zero-order valence-electron chi connectivity index (χ0n) is 7.82. The van der Waals surface area contributed by atoms with E-state index in [-0.39, 0.29) is 5.75 Å². The molecule has 2 aromatic rings. The molecule has 2 rings (SSSR count). The fourth-order valence-corrected chi connectivity index (χ4v) is 2.12. The predicted octanol–water partition coefficient (Wildman–Crippen LogP) is 3.01. The lowest BCUT2D eigenvalue weighted by molar-refractivity contribution is 0.478. The molecule has 2 nitrogen and oxygen atoms in total. The van der Waals surface area contributed by atoms with E-state index in [1.807, 2.05) is 17.5 Å². The fraction of sp³-hybridized carbons (Fsp3) is 0.0909. The minimum absolute atomic E-state index is 0.146. The summed E-state index contributed by atoms with van der Waals surface area (Å²) in [7, 11) is 0. The Morgan fingerprint density at radius 2 is 2.07 bits per heavy atom. The summed E-state index contributed by atoms with van der Waals surface area (Å²) in [6.45, 7) is 2.06. The third-order valence-corrected chi connectivity index (χ3v) is 3.05. The first kappa shape index (κ1) is 9.09. The Hall–Kier alpha value is -1.48. The molecule has 0 aliphatic rings. The van der Waals surface area contributed by atoms with Gasteiger partial charge in [0, 0.05) is 4.88 Å². The van der Waals surface area contributed by atoms with Gasteiger partial charge in [0.2, 0.25) is 0 Å². The third kappa shape index (κ3) is 1.46. The highest BCUT2D eigenvalue weighted by Gasteiger charge is 2.04. The van der Waals surface area contributed by atoms with Gasteiger partial charge in [-0.1, -0.05) is 6.07 Å². The van der Waals surface area contributed by atoms with Gasteiger partial charge >= 0.3 is 0 Å². The molecule has 0 fully saturated rings. The van der Waals surface area contributed by atoms with Crippen molar-refractivity contribution in [1.82, 2.24) is 0 Å². The number of benzene rings is 1. The SMILES string of the molecule is Cc1sccc1-c1ccc(N)c(O)c1. The van der Waals surface area contributed by atoms with Gasteiger partial charge in [-0.25, -0.2) is 0 Å². The number of phenols is 1. The Bertz CT molecular complexity index is 462. The maximum Gasteiger partial charge on any atom is 0.139 e. The van der Waals surface area contributed by atoms with Crippen molar-refractivity contribution in [1.29, 1.82) is 0 Å². The van der Waals surface area contributed by atoms with Crippen LogP contribution in [0.15, 0.2) is 29.6 Å². The highest BCUT2D eigenvalue weighted by atomic mass is 32.1. The van der Waals surface area contributed by atoms with Crippen LogP contribution < -0.4 is 5.73 Å². The van der Waals surface area contributed by atoms with E-state index in [9.17, 15) is 5.11 Å². The smallest absolute Gasteiger partial charge is 0.139 e. The van der Waals surface area contributed by atoms with Crippen molar-refractivity contribution in [3.63, 3.8) is 0 Å². The van der Waals surface area contributed by atoms with Gasteiger partial charge in [0.1, 0.15) is 5.75 Å². The zero-order valence-corrected chi connectivity index (χ0v) is 8.64. The highest BCUT2D eigenvalue weighted by molar-refractivity contribution is 7.10. The number of aromatic hydroxyl groups is 1. The van der Waals surface area contributed by atoms with Gasteiger partial charge in [-0.3, -0.25) is 0 Å². The van der Waals surface area contributed by atoms with Crippen LogP contribution in [0.25, 0.3) is 11.1 Å². The lowest BCUT2D eigenvalue weighted by Crippen LogP contribution is -1.85. The van der Waals surface area contributed by atoms with Gasteiger partial charge in [0.15, 0.2) is 0 Å². The van der Waals surface area contributed by atoms with Gasteiger partial charge < -0.3 is 10.8 Å². The summed E-state index contributed by atoms with van der Waals surface area (Å²) in [6, 6.07) is 7.39. The van der Waals surface area contributed by atoms with E-state index in [0.717, 1.165) is 11.1 Å². The summed E-state index contributed by atoms with van der Waals surface area (Å²) >= 11 is 1.70. The van der Waals surface area contributed by atoms with Crippen LogP contribution in [0.4, 0.5) is 5.69 Å². The number of aryl methyl sites for hydroxylation is 1. The molecule has 1 aromatic carbocycles. The summed E-state index contributed by atoms with van der Waals surface area (Å²) in [5, 5.41) is 11.5. The molecule has 0 bridgehead atoms. The molecule has 72 valence electrons. The predicted molar refractivity (Wildman–Crippen MR) is 60.6 cm³/mol. The van der Waals surface area contributed by atoms with E-state index in [1.165, 1.54) is 4.88 Å². The standard InChI is InChI=1S/C11H11NOS/c1-7-9(4-5-14-7)8-2-3-10(12)11(13)6-8/h2-6,13H,12H2,1H3. The van der Waals surface area contributed by atoms with Crippen molar-refractivity contribution in [2.75, 3.05) is 5.73 Å². The van der Waals surface area contributed by atoms with E-state index in [4.69, 9.17) is 5.73 Å². The molecule has 0 saturated heterocycles. The first-order chi connectivity index (χ1) is 6.68. The van der Waals surface area contributed by atoms with Gasteiger partial charge in [-0.05, 0) is 41.6 Å². The summed E-state index contributed by atoms with van der Waals surface area (Å²) < 4.78 is 0. The highest BCUT2D eigenvalue weighted by Crippen LogP contribution is 2.31. The Kier molecular flexibility index (Phi) is 2.17. The van der Waals surface area contributed by atoms with Gasteiger partial charge in [-0.2, -0.15) is 0 Å². The number of thiophene rings is 1. The molecule has 0 atom stereocenters. The number of nitrogen functional groups attached to an aromatic ring is 1. The molecule has 14 heavy (non-hydrogen) atoms. The molecular weight excluding hydrogens is 194 g/mol. The van der Waals surface area contributed by atoms with Crippen LogP contribution in [0.2, 0.25) is 0 Å². The van der Waals surface area contributed by atoms with Crippen molar-refractivity contribution in [2.45, 2.75) is 6.92 Å². The monoisotopic (exact) mass is 205 g/mol. The fourth-order valence-electron chi connectivity index (χ4n) is 1.40. The van der Waals surface area contributed by atoms with E-state index < -0.39 is 0 Å². The average Bonchev–Trinajstić information content (AvgIpc) is 2.57. The second-order valence-electron chi connectivity index (χ2n) is 3.16. The van der Waals surface area contributed by atoms with Crippen LogP contribution in [0, 0.1) is 6.92 Å². The lowest BCUT2D eigenvalue weighted by Gasteiger charge is -2.03. The molecule has 3 heteroatoms. The van der Waals surface area contributed by atoms with Gasteiger partial charge in [-0.15, -0.1) is 11.3 Å². The lowest BCUT2D eigenvalue weighted by atomic mass is 10.1. The molecule has 0 radical (unpaired) electrons. The quantitative estimate of drug-likeness (QED) is 0.555. The van der Waals surface area contributed by atoms with Gasteiger partial charge in [0.25, 0.3) is 0 Å². The van der Waals surface area contributed by atoms with Crippen LogP contribution in [-0.2, 0) is 0 Å². The summed E-state index contributed by atoms with van der Waals surface area (Å²) in [5.74, 6) is 0.146. The number of nitrogens with two attached hydrogens (primary N) is 1. The summed E-state index contributed by atoms with van der Waals surface area (Å²) in [4.78, 5) is 1.24. The first-order valence-corrected chi connectivity index (χ1v) is 5.19. The maximum atomic E-state index is 9.47. The zero-order chi connectivity index (χ0) is 10.1. The van der Waals surface area contributed by atoms with E-state index in [1.54, 1.807) is 23.5 Å². The van der Waals surface area contributed by atoms with Crippen molar-refractivity contribution >= 4 is 17.0 Å². The average molecular weight is 205 g/mol. The topological polar surface area (TPSA) is 46.2 Å². The molecule has 0 aliphatic heterocycles. The Morgan fingerprint density at radius 1 is 1.29 bits per heavy atom. The van der Waals surface area contributed by atoms with Crippen LogP contribution >= 0.6 is 11.3 Å². The Labute approximate surface area is 86.6 Å². The molecule has 0 aliphatic carbocycles. The van der Waals surface area contributed by atoms with Crippen LogP contribution in [0.1, 0.15) is 4.88 Å². The number of hydrogen-bond donors (Lipinski definition) is 2. The third-order valence-electron chi connectivity index (χ3n) is 2.20. The van der Waals surface area contributed by atoms with Crippen LogP contribution in [0.3, 0.4) is 0 Å².